The van der Waals surface area contributed by atoms with E-state index >= 15 is 0 Å². The van der Waals surface area contributed by atoms with Crippen LogP contribution in [0.2, 0.25) is 0 Å². The summed E-state index contributed by atoms with van der Waals surface area (Å²) in [6.45, 7) is 4.12. The molecule has 0 spiro atoms. The lowest BCUT2D eigenvalue weighted by Gasteiger charge is -2.14. The Morgan fingerprint density at radius 1 is 1.62 bits per heavy atom. The van der Waals surface area contributed by atoms with Gasteiger partial charge >= 0.3 is 0 Å². The average Bonchev–Trinajstić information content (AvgIpc) is 2.78. The largest absolute Gasteiger partial charge is 0.473 e. The molecule has 0 bridgehead atoms. The maximum absolute atomic E-state index is 5.81. The first-order valence-corrected chi connectivity index (χ1v) is 4.71. The van der Waals surface area contributed by atoms with Crippen molar-refractivity contribution in [3.05, 3.63) is 11.5 Å². The molecule has 0 unspecified atom stereocenters. The standard InChI is InChI=1S/C10H18N2O/c1-4-8(7-12-3)9(11)13-10(2)5-6-10/h7H,4-6,11H2,1-3H3. The van der Waals surface area contributed by atoms with Crippen molar-refractivity contribution in [1.29, 1.82) is 0 Å². The summed E-state index contributed by atoms with van der Waals surface area (Å²) < 4.78 is 5.62. The molecule has 0 amide bonds. The van der Waals surface area contributed by atoms with E-state index in [1.165, 1.54) is 0 Å². The van der Waals surface area contributed by atoms with Gasteiger partial charge in [-0.3, -0.25) is 4.99 Å². The molecule has 1 aliphatic rings. The first-order chi connectivity index (χ1) is 6.11. The molecule has 0 saturated heterocycles. The van der Waals surface area contributed by atoms with Gasteiger partial charge in [-0.2, -0.15) is 0 Å². The SMILES string of the molecule is CCC(C=NC)=C(N)OC1(C)CC1. The molecule has 2 N–H and O–H groups in total. The third kappa shape index (κ3) is 2.76. The number of allylic oxidation sites excluding steroid dienone is 1. The molecule has 0 aromatic carbocycles. The molecule has 0 aromatic rings. The van der Waals surface area contributed by atoms with Gasteiger partial charge in [-0.15, -0.1) is 0 Å². The predicted octanol–water partition coefficient (Wildman–Crippen LogP) is 1.84. The lowest BCUT2D eigenvalue weighted by Crippen LogP contribution is -2.16. The highest BCUT2D eigenvalue weighted by Gasteiger charge is 2.40. The second-order valence-electron chi connectivity index (χ2n) is 3.68. The zero-order chi connectivity index (χ0) is 9.90. The molecule has 1 fully saturated rings. The van der Waals surface area contributed by atoms with Crippen molar-refractivity contribution < 1.29 is 4.74 Å². The molecular formula is C10H18N2O. The Kier molecular flexibility index (Phi) is 2.96. The summed E-state index contributed by atoms with van der Waals surface area (Å²) in [5, 5.41) is 0. The number of nitrogens with zero attached hydrogens (tertiary/aromatic N) is 1. The molecule has 1 rings (SSSR count). The Morgan fingerprint density at radius 2 is 2.23 bits per heavy atom. The Morgan fingerprint density at radius 3 is 2.62 bits per heavy atom. The van der Waals surface area contributed by atoms with Crippen LogP contribution in [-0.4, -0.2) is 18.9 Å². The summed E-state index contributed by atoms with van der Waals surface area (Å²) in [6, 6.07) is 0. The van der Waals surface area contributed by atoms with E-state index in [2.05, 4.69) is 11.9 Å². The van der Waals surface area contributed by atoms with Gasteiger partial charge in [0.1, 0.15) is 5.60 Å². The average molecular weight is 182 g/mol. The van der Waals surface area contributed by atoms with Crippen molar-refractivity contribution in [1.82, 2.24) is 0 Å². The van der Waals surface area contributed by atoms with Gasteiger partial charge in [-0.25, -0.2) is 0 Å². The number of hydrogen-bond acceptors (Lipinski definition) is 3. The number of ether oxygens (including phenoxy) is 1. The van der Waals surface area contributed by atoms with Crippen molar-refractivity contribution in [2.45, 2.75) is 38.7 Å². The summed E-state index contributed by atoms with van der Waals surface area (Å²) in [7, 11) is 1.74. The first kappa shape index (κ1) is 10.1. The van der Waals surface area contributed by atoms with Crippen LogP contribution < -0.4 is 5.73 Å². The van der Waals surface area contributed by atoms with E-state index in [1.807, 2.05) is 6.92 Å². The van der Waals surface area contributed by atoms with Crippen LogP contribution in [0.4, 0.5) is 0 Å². The van der Waals surface area contributed by atoms with Crippen LogP contribution in [0.3, 0.4) is 0 Å². The first-order valence-electron chi connectivity index (χ1n) is 4.71. The van der Waals surface area contributed by atoms with Crippen molar-refractivity contribution >= 4 is 6.21 Å². The Bertz CT molecular complexity index is 239. The molecule has 0 radical (unpaired) electrons. The fourth-order valence-corrected chi connectivity index (χ4v) is 1.09. The van der Waals surface area contributed by atoms with Crippen LogP contribution in [0.25, 0.3) is 0 Å². The van der Waals surface area contributed by atoms with Gasteiger partial charge in [0.25, 0.3) is 0 Å². The molecule has 1 saturated carbocycles. The minimum atomic E-state index is 0.00604. The monoisotopic (exact) mass is 182 g/mol. The van der Waals surface area contributed by atoms with Crippen molar-refractivity contribution in [2.75, 3.05) is 7.05 Å². The highest BCUT2D eigenvalue weighted by atomic mass is 16.5. The quantitative estimate of drug-likeness (QED) is 0.532. The second-order valence-corrected chi connectivity index (χ2v) is 3.68. The van der Waals surface area contributed by atoms with Crippen LogP contribution in [0.5, 0.6) is 0 Å². The van der Waals surface area contributed by atoms with E-state index in [0.29, 0.717) is 5.88 Å². The van der Waals surface area contributed by atoms with Gasteiger partial charge in [0, 0.05) is 18.8 Å². The Balaban J connectivity index is 2.63. The normalized spacial score (nSPS) is 21.5. The molecule has 0 atom stereocenters. The summed E-state index contributed by atoms with van der Waals surface area (Å²) >= 11 is 0. The minimum Gasteiger partial charge on any atom is -0.473 e. The van der Waals surface area contributed by atoms with Crippen LogP contribution in [0.15, 0.2) is 16.4 Å². The zero-order valence-corrected chi connectivity index (χ0v) is 8.63. The topological polar surface area (TPSA) is 47.6 Å². The van der Waals surface area contributed by atoms with E-state index in [-0.39, 0.29) is 5.60 Å². The summed E-state index contributed by atoms with van der Waals surface area (Å²) in [4.78, 5) is 3.94. The van der Waals surface area contributed by atoms with Crippen molar-refractivity contribution in [3.8, 4) is 0 Å². The summed E-state index contributed by atoms with van der Waals surface area (Å²) in [6.07, 6.45) is 4.84. The number of hydrogen-bond donors (Lipinski definition) is 1. The van der Waals surface area contributed by atoms with Gasteiger partial charge < -0.3 is 10.5 Å². The lowest BCUT2D eigenvalue weighted by molar-refractivity contribution is 0.106. The van der Waals surface area contributed by atoms with Gasteiger partial charge in [-0.05, 0) is 26.2 Å². The Hall–Kier alpha value is -0.990. The van der Waals surface area contributed by atoms with Crippen LogP contribution in [0, 0.1) is 0 Å². The number of aliphatic imine (C=N–C) groups is 1. The van der Waals surface area contributed by atoms with E-state index < -0.39 is 0 Å². The molecule has 0 aromatic heterocycles. The molecule has 74 valence electrons. The predicted molar refractivity (Wildman–Crippen MR) is 54.6 cm³/mol. The zero-order valence-electron chi connectivity index (χ0n) is 8.63. The molecule has 0 aliphatic heterocycles. The maximum atomic E-state index is 5.81. The minimum absolute atomic E-state index is 0.00604. The van der Waals surface area contributed by atoms with E-state index in [1.54, 1.807) is 13.3 Å². The highest BCUT2D eigenvalue weighted by molar-refractivity contribution is 5.78. The van der Waals surface area contributed by atoms with Crippen molar-refractivity contribution in [2.24, 2.45) is 10.7 Å². The van der Waals surface area contributed by atoms with Gasteiger partial charge in [-0.1, -0.05) is 6.92 Å². The van der Waals surface area contributed by atoms with Crippen LogP contribution >= 0.6 is 0 Å². The van der Waals surface area contributed by atoms with Crippen LogP contribution in [-0.2, 0) is 4.74 Å². The molecule has 3 heteroatoms. The fourth-order valence-electron chi connectivity index (χ4n) is 1.09. The Labute approximate surface area is 79.7 Å². The van der Waals surface area contributed by atoms with Crippen LogP contribution in [0.1, 0.15) is 33.1 Å². The fraction of sp³-hybridized carbons (Fsp3) is 0.700. The molecule has 3 nitrogen and oxygen atoms in total. The summed E-state index contributed by atoms with van der Waals surface area (Å²) in [5.74, 6) is 0.535. The lowest BCUT2D eigenvalue weighted by atomic mass is 10.2. The maximum Gasteiger partial charge on any atom is 0.189 e. The number of nitrogens with two attached hydrogens (primary N) is 1. The number of rotatable bonds is 4. The molecule has 1 aliphatic carbocycles. The van der Waals surface area contributed by atoms with E-state index in [0.717, 1.165) is 24.8 Å². The molecular weight excluding hydrogens is 164 g/mol. The smallest absolute Gasteiger partial charge is 0.189 e. The van der Waals surface area contributed by atoms with Gasteiger partial charge in [0.2, 0.25) is 0 Å². The summed E-state index contributed by atoms with van der Waals surface area (Å²) in [5.41, 5.74) is 6.79. The van der Waals surface area contributed by atoms with E-state index in [9.17, 15) is 0 Å². The third-order valence-electron chi connectivity index (χ3n) is 2.29. The molecule has 0 heterocycles. The van der Waals surface area contributed by atoms with Gasteiger partial charge in [0.05, 0.1) is 0 Å². The third-order valence-corrected chi connectivity index (χ3v) is 2.29. The molecule has 13 heavy (non-hydrogen) atoms. The van der Waals surface area contributed by atoms with Crippen molar-refractivity contribution in [3.63, 3.8) is 0 Å². The van der Waals surface area contributed by atoms with Gasteiger partial charge in [0.15, 0.2) is 5.88 Å². The highest BCUT2D eigenvalue weighted by Crippen LogP contribution is 2.40. The second kappa shape index (κ2) is 3.81. The van der Waals surface area contributed by atoms with E-state index in [4.69, 9.17) is 10.5 Å².